The molecule has 1 unspecified atom stereocenters. The molecule has 1 aliphatic rings. The maximum Gasteiger partial charge on any atom is 0.263 e. The third kappa shape index (κ3) is 2.78. The number of hydrogen-bond donors (Lipinski definition) is 1. The molecule has 1 aliphatic carbocycles. The van der Waals surface area contributed by atoms with Crippen molar-refractivity contribution in [1.82, 2.24) is 15.3 Å². The fourth-order valence-corrected chi connectivity index (χ4v) is 2.80. The molecule has 21 heavy (non-hydrogen) atoms. The first-order chi connectivity index (χ1) is 10.2. The van der Waals surface area contributed by atoms with Gasteiger partial charge in [-0.3, -0.25) is 0 Å². The van der Waals surface area contributed by atoms with Gasteiger partial charge in [-0.25, -0.2) is 18.7 Å². The molecular formula is C16H17F2N3. The van der Waals surface area contributed by atoms with Crippen molar-refractivity contribution in [2.75, 3.05) is 7.05 Å². The molecule has 110 valence electrons. The van der Waals surface area contributed by atoms with E-state index >= 15 is 0 Å². The number of rotatable bonds is 3. The lowest BCUT2D eigenvalue weighted by Crippen LogP contribution is -2.22. The Morgan fingerprint density at radius 2 is 2.19 bits per heavy atom. The van der Waals surface area contributed by atoms with Crippen molar-refractivity contribution in [2.24, 2.45) is 0 Å². The van der Waals surface area contributed by atoms with E-state index in [1.165, 1.54) is 12.1 Å². The summed E-state index contributed by atoms with van der Waals surface area (Å²) in [5, 5.41) is 3.26. The van der Waals surface area contributed by atoms with E-state index in [4.69, 9.17) is 0 Å². The van der Waals surface area contributed by atoms with Gasteiger partial charge >= 0.3 is 0 Å². The number of aryl methyl sites for hydroxylation is 1. The molecule has 0 saturated heterocycles. The van der Waals surface area contributed by atoms with E-state index in [9.17, 15) is 8.78 Å². The molecule has 1 N–H and O–H groups in total. The number of fused-ring (bicyclic) bond motifs is 1. The molecule has 0 fully saturated rings. The van der Waals surface area contributed by atoms with Gasteiger partial charge in [0.25, 0.3) is 6.43 Å². The molecule has 1 aromatic heterocycles. The fraction of sp³-hybridized carbons (Fsp3) is 0.375. The first-order valence-electron chi connectivity index (χ1n) is 7.10. The number of aromatic nitrogens is 2. The van der Waals surface area contributed by atoms with E-state index in [-0.39, 0.29) is 11.6 Å². The summed E-state index contributed by atoms with van der Waals surface area (Å²) in [7, 11) is 1.93. The molecule has 3 rings (SSSR count). The highest BCUT2D eigenvalue weighted by Gasteiger charge is 2.21. The zero-order valence-electron chi connectivity index (χ0n) is 11.8. The van der Waals surface area contributed by atoms with Crippen molar-refractivity contribution in [3.8, 4) is 11.4 Å². The Balaban J connectivity index is 1.99. The molecule has 0 amide bonds. The molecular weight excluding hydrogens is 272 g/mol. The van der Waals surface area contributed by atoms with E-state index in [1.807, 2.05) is 13.2 Å². The van der Waals surface area contributed by atoms with Crippen molar-refractivity contribution in [3.05, 3.63) is 47.3 Å². The van der Waals surface area contributed by atoms with Crippen LogP contribution in [0.2, 0.25) is 0 Å². The van der Waals surface area contributed by atoms with Crippen LogP contribution in [-0.2, 0) is 6.42 Å². The molecule has 2 aromatic rings. The minimum atomic E-state index is -2.48. The monoisotopic (exact) mass is 289 g/mol. The maximum atomic E-state index is 12.8. The highest BCUT2D eigenvalue weighted by molar-refractivity contribution is 5.56. The highest BCUT2D eigenvalue weighted by atomic mass is 19.3. The third-order valence-electron chi connectivity index (χ3n) is 3.93. The van der Waals surface area contributed by atoms with Gasteiger partial charge in [0.2, 0.25) is 0 Å². The van der Waals surface area contributed by atoms with Crippen LogP contribution < -0.4 is 5.32 Å². The van der Waals surface area contributed by atoms with Gasteiger partial charge in [-0.2, -0.15) is 0 Å². The fourth-order valence-electron chi connectivity index (χ4n) is 2.80. The number of benzene rings is 1. The second kappa shape index (κ2) is 5.85. The zero-order chi connectivity index (χ0) is 14.8. The van der Waals surface area contributed by atoms with Gasteiger partial charge in [-0.05, 0) is 32.4 Å². The predicted molar refractivity (Wildman–Crippen MR) is 77.2 cm³/mol. The van der Waals surface area contributed by atoms with E-state index in [1.54, 1.807) is 12.1 Å². The molecule has 0 saturated carbocycles. The van der Waals surface area contributed by atoms with Crippen LogP contribution in [-0.4, -0.2) is 17.0 Å². The summed E-state index contributed by atoms with van der Waals surface area (Å²) in [5.74, 6) is 0.521. The first kappa shape index (κ1) is 14.1. The summed E-state index contributed by atoms with van der Waals surface area (Å²) in [4.78, 5) is 8.95. The van der Waals surface area contributed by atoms with Crippen molar-refractivity contribution in [2.45, 2.75) is 31.7 Å². The Morgan fingerprint density at radius 3 is 2.95 bits per heavy atom. The van der Waals surface area contributed by atoms with Crippen LogP contribution in [0.15, 0.2) is 30.5 Å². The lowest BCUT2D eigenvalue weighted by Gasteiger charge is -2.24. The van der Waals surface area contributed by atoms with Gasteiger partial charge in [-0.1, -0.05) is 18.2 Å². The van der Waals surface area contributed by atoms with Crippen molar-refractivity contribution < 1.29 is 8.78 Å². The van der Waals surface area contributed by atoms with Crippen LogP contribution in [0.5, 0.6) is 0 Å². The second-order valence-electron chi connectivity index (χ2n) is 5.26. The lowest BCUT2D eigenvalue weighted by atomic mass is 9.92. The quantitative estimate of drug-likeness (QED) is 0.936. The Bertz CT molecular complexity index is 643. The minimum absolute atomic E-state index is 0.00178. The third-order valence-corrected chi connectivity index (χ3v) is 3.93. The molecule has 0 spiro atoms. The summed E-state index contributed by atoms with van der Waals surface area (Å²) in [6, 6.07) is 6.56. The Labute approximate surface area is 122 Å². The standard InChI is InChI=1S/C16H17F2N3/c1-19-13-6-3-7-14-12(13)9-20-16(21-14)11-5-2-4-10(8-11)15(17)18/h2,4-5,8-9,13,15,19H,3,6-7H2,1H3. The first-order valence-corrected chi connectivity index (χ1v) is 7.10. The largest absolute Gasteiger partial charge is 0.313 e. The smallest absolute Gasteiger partial charge is 0.263 e. The number of alkyl halides is 2. The van der Waals surface area contributed by atoms with Gasteiger partial charge in [0.15, 0.2) is 5.82 Å². The second-order valence-corrected chi connectivity index (χ2v) is 5.26. The molecule has 5 heteroatoms. The zero-order valence-corrected chi connectivity index (χ0v) is 11.8. The van der Waals surface area contributed by atoms with Gasteiger partial charge in [0.1, 0.15) is 0 Å². The number of nitrogens with zero attached hydrogens (tertiary/aromatic N) is 2. The van der Waals surface area contributed by atoms with Gasteiger partial charge in [-0.15, -0.1) is 0 Å². The van der Waals surface area contributed by atoms with E-state index in [0.717, 1.165) is 30.5 Å². The molecule has 1 atom stereocenters. The van der Waals surface area contributed by atoms with Crippen LogP contribution in [0.1, 0.15) is 42.1 Å². The van der Waals surface area contributed by atoms with E-state index in [0.29, 0.717) is 11.4 Å². The van der Waals surface area contributed by atoms with Crippen LogP contribution >= 0.6 is 0 Å². The van der Waals surface area contributed by atoms with Crippen LogP contribution in [0.25, 0.3) is 11.4 Å². The lowest BCUT2D eigenvalue weighted by molar-refractivity contribution is 0.151. The summed E-state index contributed by atoms with van der Waals surface area (Å²) < 4.78 is 25.6. The van der Waals surface area contributed by atoms with Crippen LogP contribution in [0, 0.1) is 0 Å². The molecule has 3 nitrogen and oxygen atoms in total. The topological polar surface area (TPSA) is 37.8 Å². The Hall–Kier alpha value is -1.88. The SMILES string of the molecule is CNC1CCCc2nc(-c3cccc(C(F)F)c3)ncc21. The molecule has 0 bridgehead atoms. The summed E-state index contributed by atoms with van der Waals surface area (Å²) in [6.07, 6.45) is 2.42. The summed E-state index contributed by atoms with van der Waals surface area (Å²) in [5.41, 5.74) is 2.79. The summed E-state index contributed by atoms with van der Waals surface area (Å²) >= 11 is 0. The van der Waals surface area contributed by atoms with Crippen molar-refractivity contribution in [1.29, 1.82) is 0 Å². The number of halogens is 2. The number of nitrogens with one attached hydrogen (secondary N) is 1. The number of hydrogen-bond acceptors (Lipinski definition) is 3. The van der Waals surface area contributed by atoms with Crippen molar-refractivity contribution >= 4 is 0 Å². The maximum absolute atomic E-state index is 12.8. The normalized spacial score (nSPS) is 17.8. The van der Waals surface area contributed by atoms with E-state index in [2.05, 4.69) is 15.3 Å². The van der Waals surface area contributed by atoms with Gasteiger partial charge in [0.05, 0.1) is 0 Å². The highest BCUT2D eigenvalue weighted by Crippen LogP contribution is 2.30. The van der Waals surface area contributed by atoms with Crippen LogP contribution in [0.3, 0.4) is 0 Å². The average Bonchev–Trinajstić information content (AvgIpc) is 2.53. The van der Waals surface area contributed by atoms with Crippen molar-refractivity contribution in [3.63, 3.8) is 0 Å². The Kier molecular flexibility index (Phi) is 3.92. The molecule has 1 aromatic carbocycles. The molecule has 0 aliphatic heterocycles. The van der Waals surface area contributed by atoms with Gasteiger partial charge in [0, 0.05) is 34.6 Å². The molecule has 1 heterocycles. The van der Waals surface area contributed by atoms with Crippen LogP contribution in [0.4, 0.5) is 8.78 Å². The predicted octanol–water partition coefficient (Wildman–Crippen LogP) is 3.68. The Morgan fingerprint density at radius 1 is 1.33 bits per heavy atom. The van der Waals surface area contributed by atoms with Gasteiger partial charge < -0.3 is 5.32 Å². The summed E-state index contributed by atoms with van der Waals surface area (Å²) in [6.45, 7) is 0. The minimum Gasteiger partial charge on any atom is -0.313 e. The average molecular weight is 289 g/mol. The van der Waals surface area contributed by atoms with E-state index < -0.39 is 6.43 Å². The molecule has 0 radical (unpaired) electrons.